The van der Waals surface area contributed by atoms with Gasteiger partial charge >= 0.3 is 5.97 Å². The summed E-state index contributed by atoms with van der Waals surface area (Å²) in [5.41, 5.74) is 0.879. The summed E-state index contributed by atoms with van der Waals surface area (Å²) in [7, 11) is 1.43. The summed E-state index contributed by atoms with van der Waals surface area (Å²) in [4.78, 5) is 23.0. The van der Waals surface area contributed by atoms with Crippen LogP contribution >= 0.6 is 0 Å². The Kier molecular flexibility index (Phi) is 6.54. The molecule has 1 aromatic heterocycles. The third-order valence-electron chi connectivity index (χ3n) is 3.51. The number of aromatic hydroxyl groups is 1. The zero-order valence-corrected chi connectivity index (χ0v) is 14.0. The van der Waals surface area contributed by atoms with Gasteiger partial charge in [0.05, 0.1) is 20.3 Å². The Balaban J connectivity index is 2.07. The first-order chi connectivity index (χ1) is 12.5. The van der Waals surface area contributed by atoms with E-state index in [1.165, 1.54) is 13.2 Å². The molecular formula is C18H18O8. The topological polar surface area (TPSA) is 126 Å². The Morgan fingerprint density at radius 3 is 2.62 bits per heavy atom. The Morgan fingerprint density at radius 1 is 1.23 bits per heavy atom. The second kappa shape index (κ2) is 8.84. The van der Waals surface area contributed by atoms with E-state index in [0.717, 1.165) is 18.4 Å². The van der Waals surface area contributed by atoms with Crippen molar-refractivity contribution >= 4 is 12.0 Å². The predicted molar refractivity (Wildman–Crippen MR) is 90.3 cm³/mol. The molecule has 2 rings (SSSR count). The molecule has 0 aliphatic carbocycles. The minimum Gasteiger partial charge on any atom is -0.502 e. The van der Waals surface area contributed by atoms with Gasteiger partial charge in [0.2, 0.25) is 5.43 Å². The van der Waals surface area contributed by atoms with Crippen LogP contribution in [0.5, 0.6) is 11.5 Å². The van der Waals surface area contributed by atoms with E-state index >= 15 is 0 Å². The van der Waals surface area contributed by atoms with E-state index in [1.807, 2.05) is 0 Å². The summed E-state index contributed by atoms with van der Waals surface area (Å²) in [6.45, 7) is -0.853. The number of hydrogen-bond donors (Lipinski definition) is 3. The highest BCUT2D eigenvalue weighted by Crippen LogP contribution is 2.25. The van der Waals surface area contributed by atoms with Crippen molar-refractivity contribution in [3.05, 3.63) is 63.2 Å². The molecule has 0 saturated carbocycles. The molecule has 1 heterocycles. The number of hydrogen-bond acceptors (Lipinski definition) is 8. The van der Waals surface area contributed by atoms with Crippen LogP contribution in [0.1, 0.15) is 22.5 Å². The Morgan fingerprint density at radius 2 is 2.00 bits per heavy atom. The molecule has 0 aliphatic rings. The van der Waals surface area contributed by atoms with Gasteiger partial charge in [0, 0.05) is 17.7 Å². The fraction of sp³-hybridized carbons (Fsp3) is 0.222. The Bertz CT molecular complexity index is 841. The van der Waals surface area contributed by atoms with E-state index in [1.54, 1.807) is 12.1 Å². The molecular weight excluding hydrogens is 344 g/mol. The molecule has 0 amide bonds. The number of aliphatic hydroxyl groups is 2. The molecule has 2 aromatic rings. The van der Waals surface area contributed by atoms with Crippen molar-refractivity contribution in [2.45, 2.75) is 19.8 Å². The van der Waals surface area contributed by atoms with Gasteiger partial charge in [-0.3, -0.25) is 4.79 Å². The molecule has 0 bridgehead atoms. The average Bonchev–Trinajstić information content (AvgIpc) is 2.66. The minimum atomic E-state index is -0.684. The van der Waals surface area contributed by atoms with Gasteiger partial charge in [0.25, 0.3) is 0 Å². The fourth-order valence-electron chi connectivity index (χ4n) is 2.20. The van der Waals surface area contributed by atoms with Gasteiger partial charge in [0.15, 0.2) is 5.75 Å². The number of aliphatic hydroxyl groups excluding tert-OH is 2. The Labute approximate surface area is 148 Å². The third-order valence-corrected chi connectivity index (χ3v) is 3.51. The second-order valence-electron chi connectivity index (χ2n) is 5.21. The first-order valence-electron chi connectivity index (χ1n) is 7.55. The predicted octanol–water partition coefficient (Wildman–Crippen LogP) is 1.10. The van der Waals surface area contributed by atoms with Gasteiger partial charge in [-0.1, -0.05) is 0 Å². The Hall–Kier alpha value is -3.10. The van der Waals surface area contributed by atoms with Gasteiger partial charge < -0.3 is 29.2 Å². The van der Waals surface area contributed by atoms with Crippen molar-refractivity contribution in [1.29, 1.82) is 0 Å². The summed E-state index contributed by atoms with van der Waals surface area (Å²) < 4.78 is 15.0. The molecule has 0 fully saturated rings. The number of esters is 1. The molecule has 8 heteroatoms. The first-order valence-corrected chi connectivity index (χ1v) is 7.55. The van der Waals surface area contributed by atoms with E-state index in [-0.39, 0.29) is 25.6 Å². The lowest BCUT2D eigenvalue weighted by molar-refractivity contribution is -0.139. The molecule has 0 saturated heterocycles. The number of benzene rings is 1. The maximum absolute atomic E-state index is 11.8. The number of ether oxygens (including phenoxy) is 2. The van der Waals surface area contributed by atoms with Crippen molar-refractivity contribution in [2.75, 3.05) is 7.11 Å². The molecule has 138 valence electrons. The van der Waals surface area contributed by atoms with Gasteiger partial charge in [-0.05, 0) is 29.3 Å². The van der Waals surface area contributed by atoms with Crippen LogP contribution < -0.4 is 10.2 Å². The molecule has 0 radical (unpaired) electrons. The number of carbonyl (C=O) groups is 1. The monoisotopic (exact) mass is 362 g/mol. The highest BCUT2D eigenvalue weighted by molar-refractivity contribution is 5.87. The summed E-state index contributed by atoms with van der Waals surface area (Å²) in [5, 5.41) is 27.8. The van der Waals surface area contributed by atoms with E-state index in [0.29, 0.717) is 22.4 Å². The van der Waals surface area contributed by atoms with Crippen LogP contribution in [0.25, 0.3) is 6.08 Å². The number of rotatable bonds is 7. The van der Waals surface area contributed by atoms with Gasteiger partial charge in [-0.15, -0.1) is 0 Å². The van der Waals surface area contributed by atoms with E-state index in [4.69, 9.17) is 19.0 Å². The maximum Gasteiger partial charge on any atom is 0.331 e. The lowest BCUT2D eigenvalue weighted by Crippen LogP contribution is -2.05. The van der Waals surface area contributed by atoms with Gasteiger partial charge in [-0.25, -0.2) is 4.79 Å². The van der Waals surface area contributed by atoms with Crippen molar-refractivity contribution in [2.24, 2.45) is 0 Å². The van der Waals surface area contributed by atoms with Crippen molar-refractivity contribution in [1.82, 2.24) is 0 Å². The molecule has 0 aliphatic heterocycles. The molecule has 3 N–H and O–H groups in total. The van der Waals surface area contributed by atoms with Crippen molar-refractivity contribution in [3.8, 4) is 11.5 Å². The minimum absolute atomic E-state index is 0.0890. The van der Waals surface area contributed by atoms with Crippen LogP contribution in [-0.2, 0) is 29.4 Å². The van der Waals surface area contributed by atoms with E-state index in [9.17, 15) is 19.8 Å². The molecule has 0 unspecified atom stereocenters. The quantitative estimate of drug-likeness (QED) is 0.494. The first kappa shape index (κ1) is 19.2. The second-order valence-corrected chi connectivity index (χ2v) is 5.21. The molecule has 0 atom stereocenters. The van der Waals surface area contributed by atoms with E-state index in [2.05, 4.69) is 0 Å². The summed E-state index contributed by atoms with van der Waals surface area (Å²) in [6.07, 6.45) is 3.48. The standard InChI is InChI=1S/C18H18O8/c1-24-17-5-11(4-12(7-19)14(17)8-20)2-3-18(23)26-9-13-6-15(21)16(22)10-25-13/h2-6,10,19-20,22H,7-9H2,1H3/b3-2+. The van der Waals surface area contributed by atoms with E-state index < -0.39 is 17.1 Å². The summed E-state index contributed by atoms with van der Waals surface area (Å²) in [6, 6.07) is 4.24. The van der Waals surface area contributed by atoms with Crippen LogP contribution in [0, 0.1) is 0 Å². The largest absolute Gasteiger partial charge is 0.502 e. The normalized spacial score (nSPS) is 10.9. The SMILES string of the molecule is COc1cc(/C=C/C(=O)OCc2cc(=O)c(O)co2)cc(CO)c1CO. The summed E-state index contributed by atoms with van der Waals surface area (Å²) >= 11 is 0. The van der Waals surface area contributed by atoms with Crippen LogP contribution in [0.2, 0.25) is 0 Å². The molecule has 26 heavy (non-hydrogen) atoms. The maximum atomic E-state index is 11.8. The van der Waals surface area contributed by atoms with Gasteiger partial charge in [0.1, 0.15) is 24.4 Å². The van der Waals surface area contributed by atoms with Crippen LogP contribution in [0.3, 0.4) is 0 Å². The van der Waals surface area contributed by atoms with Gasteiger partial charge in [-0.2, -0.15) is 0 Å². The zero-order valence-electron chi connectivity index (χ0n) is 14.0. The smallest absolute Gasteiger partial charge is 0.331 e. The molecule has 0 spiro atoms. The van der Waals surface area contributed by atoms with Crippen LogP contribution in [0.15, 0.2) is 39.7 Å². The summed E-state index contributed by atoms with van der Waals surface area (Å²) in [5.74, 6) is -0.736. The fourth-order valence-corrected chi connectivity index (χ4v) is 2.20. The number of methoxy groups -OCH3 is 1. The third kappa shape index (κ3) is 4.71. The van der Waals surface area contributed by atoms with Crippen molar-refractivity contribution < 1.29 is 34.0 Å². The molecule has 1 aromatic carbocycles. The van der Waals surface area contributed by atoms with Crippen LogP contribution in [0.4, 0.5) is 0 Å². The highest BCUT2D eigenvalue weighted by Gasteiger charge is 2.10. The molecule has 8 nitrogen and oxygen atoms in total. The van der Waals surface area contributed by atoms with Crippen LogP contribution in [-0.4, -0.2) is 28.4 Å². The highest BCUT2D eigenvalue weighted by atomic mass is 16.5. The zero-order chi connectivity index (χ0) is 19.1. The van der Waals surface area contributed by atoms with Crippen molar-refractivity contribution in [3.63, 3.8) is 0 Å². The lowest BCUT2D eigenvalue weighted by Gasteiger charge is -2.12. The lowest BCUT2D eigenvalue weighted by atomic mass is 10.0. The number of carbonyl (C=O) groups excluding carboxylic acids is 1. The average molecular weight is 362 g/mol.